The van der Waals surface area contributed by atoms with E-state index in [0.29, 0.717) is 6.42 Å². The largest absolute Gasteiger partial charge is 0.360 e. The summed E-state index contributed by atoms with van der Waals surface area (Å²) >= 11 is 0. The quantitative estimate of drug-likeness (QED) is 0.719. The maximum Gasteiger partial charge on any atom is 0.168 e. The second-order valence-electron chi connectivity index (χ2n) is 7.06. The molecule has 3 nitrogen and oxygen atoms in total. The maximum absolute atomic E-state index is 12.6. The Hall–Kier alpha value is -2.65. The number of nitrogens with one attached hydrogen (secondary N) is 1. The van der Waals surface area contributed by atoms with Crippen molar-refractivity contribution in [3.8, 4) is 0 Å². The molecule has 0 atom stereocenters. The molecular formula is C23H25N2O+. The Morgan fingerprint density at radius 3 is 2.31 bits per heavy atom. The number of Topliss-reactive ketones (excluding diaryl/α,β-unsaturated/α-hetero) is 1. The normalized spacial score (nSPS) is 15.3. The van der Waals surface area contributed by atoms with Gasteiger partial charge in [0.05, 0.1) is 39.1 Å². The molecule has 4 rings (SSSR count). The van der Waals surface area contributed by atoms with Crippen LogP contribution in [0.5, 0.6) is 0 Å². The van der Waals surface area contributed by atoms with E-state index in [1.807, 2.05) is 30.3 Å². The SMILES string of the molecule is O=C(CC[NH+]1CCN(c2ccccc2)CC1)c1ccc2ccccc2c1. The van der Waals surface area contributed by atoms with Crippen LogP contribution in [0.2, 0.25) is 0 Å². The first-order valence-corrected chi connectivity index (χ1v) is 9.45. The molecule has 1 heterocycles. The van der Waals surface area contributed by atoms with Gasteiger partial charge in [-0.2, -0.15) is 0 Å². The van der Waals surface area contributed by atoms with E-state index in [9.17, 15) is 4.79 Å². The van der Waals surface area contributed by atoms with Crippen molar-refractivity contribution >= 4 is 22.2 Å². The molecule has 1 aliphatic heterocycles. The highest BCUT2D eigenvalue weighted by Crippen LogP contribution is 2.16. The second kappa shape index (κ2) is 7.71. The summed E-state index contributed by atoms with van der Waals surface area (Å²) < 4.78 is 0. The molecule has 26 heavy (non-hydrogen) atoms. The van der Waals surface area contributed by atoms with Crippen LogP contribution in [-0.4, -0.2) is 38.5 Å². The number of quaternary nitrogens is 1. The van der Waals surface area contributed by atoms with Crippen LogP contribution in [0.4, 0.5) is 5.69 Å². The number of ketones is 1. The van der Waals surface area contributed by atoms with Crippen molar-refractivity contribution in [3.05, 3.63) is 78.4 Å². The lowest BCUT2D eigenvalue weighted by Gasteiger charge is -2.33. The highest BCUT2D eigenvalue weighted by atomic mass is 16.1. The van der Waals surface area contributed by atoms with Gasteiger partial charge in [0.2, 0.25) is 0 Å². The fourth-order valence-corrected chi connectivity index (χ4v) is 3.77. The van der Waals surface area contributed by atoms with Gasteiger partial charge in [-0.3, -0.25) is 4.79 Å². The summed E-state index contributed by atoms with van der Waals surface area (Å²) in [6, 6.07) is 24.8. The van der Waals surface area contributed by atoms with Gasteiger partial charge < -0.3 is 9.80 Å². The molecule has 0 unspecified atom stereocenters. The fraction of sp³-hybridized carbons (Fsp3) is 0.261. The second-order valence-corrected chi connectivity index (χ2v) is 7.06. The third-order valence-electron chi connectivity index (χ3n) is 5.37. The molecule has 3 aromatic rings. The van der Waals surface area contributed by atoms with E-state index in [0.717, 1.165) is 43.7 Å². The van der Waals surface area contributed by atoms with Crippen LogP contribution in [0, 0.1) is 0 Å². The molecule has 1 saturated heterocycles. The maximum atomic E-state index is 12.6. The molecule has 0 aromatic heterocycles. The number of benzene rings is 3. The standard InChI is InChI=1S/C23H24N2O/c26-23(21-11-10-19-6-4-5-7-20(19)18-21)12-13-24-14-16-25(17-15-24)22-8-2-1-3-9-22/h1-11,18H,12-17H2/p+1. The molecule has 0 bridgehead atoms. The molecule has 0 aliphatic carbocycles. The average Bonchev–Trinajstić information content (AvgIpc) is 2.72. The zero-order chi connectivity index (χ0) is 17.8. The van der Waals surface area contributed by atoms with Gasteiger partial charge in [-0.05, 0) is 29.0 Å². The number of nitrogens with zero attached hydrogens (tertiary/aromatic N) is 1. The highest BCUT2D eigenvalue weighted by molar-refractivity contribution is 5.99. The number of piperazine rings is 1. The van der Waals surface area contributed by atoms with E-state index in [1.165, 1.54) is 16.0 Å². The molecule has 1 aliphatic rings. The van der Waals surface area contributed by atoms with E-state index < -0.39 is 0 Å². The Labute approximate surface area is 154 Å². The van der Waals surface area contributed by atoms with Gasteiger partial charge in [-0.15, -0.1) is 0 Å². The summed E-state index contributed by atoms with van der Waals surface area (Å²) in [5, 5.41) is 2.33. The molecule has 0 amide bonds. The van der Waals surface area contributed by atoms with Gasteiger partial charge in [0.25, 0.3) is 0 Å². The zero-order valence-corrected chi connectivity index (χ0v) is 15.0. The highest BCUT2D eigenvalue weighted by Gasteiger charge is 2.21. The van der Waals surface area contributed by atoms with E-state index in [4.69, 9.17) is 0 Å². The first kappa shape index (κ1) is 16.8. The van der Waals surface area contributed by atoms with Crippen molar-refractivity contribution in [2.45, 2.75) is 6.42 Å². The van der Waals surface area contributed by atoms with Gasteiger partial charge in [0.1, 0.15) is 0 Å². The lowest BCUT2D eigenvalue weighted by atomic mass is 10.0. The summed E-state index contributed by atoms with van der Waals surface area (Å²) in [6.45, 7) is 5.24. The minimum atomic E-state index is 0.258. The molecule has 3 aromatic carbocycles. The molecule has 0 radical (unpaired) electrons. The molecular weight excluding hydrogens is 320 g/mol. The summed E-state index contributed by atoms with van der Waals surface area (Å²) in [7, 11) is 0. The smallest absolute Gasteiger partial charge is 0.168 e. The van der Waals surface area contributed by atoms with Crippen molar-refractivity contribution < 1.29 is 9.69 Å². The topological polar surface area (TPSA) is 24.8 Å². The number of carbonyl (C=O) groups excluding carboxylic acids is 1. The molecule has 0 spiro atoms. The van der Waals surface area contributed by atoms with Crippen LogP contribution in [0.3, 0.4) is 0 Å². The van der Waals surface area contributed by atoms with Gasteiger partial charge in [0.15, 0.2) is 5.78 Å². The lowest BCUT2D eigenvalue weighted by Crippen LogP contribution is -3.15. The monoisotopic (exact) mass is 345 g/mol. The Balaban J connectivity index is 1.31. The van der Waals surface area contributed by atoms with E-state index >= 15 is 0 Å². The Morgan fingerprint density at radius 2 is 1.54 bits per heavy atom. The summed E-state index contributed by atoms with van der Waals surface area (Å²) in [5.41, 5.74) is 2.14. The van der Waals surface area contributed by atoms with Crippen molar-refractivity contribution in [1.29, 1.82) is 0 Å². The van der Waals surface area contributed by atoms with Crippen molar-refractivity contribution in [3.63, 3.8) is 0 Å². The zero-order valence-electron chi connectivity index (χ0n) is 15.0. The number of rotatable bonds is 5. The van der Waals surface area contributed by atoms with Crippen LogP contribution in [0.1, 0.15) is 16.8 Å². The minimum absolute atomic E-state index is 0.258. The summed E-state index contributed by atoms with van der Waals surface area (Å²) in [5.74, 6) is 0.258. The molecule has 3 heteroatoms. The Morgan fingerprint density at radius 1 is 0.846 bits per heavy atom. The number of anilines is 1. The van der Waals surface area contributed by atoms with Crippen LogP contribution < -0.4 is 9.80 Å². The molecule has 132 valence electrons. The van der Waals surface area contributed by atoms with Gasteiger partial charge in [-0.1, -0.05) is 54.6 Å². The molecule has 0 saturated carbocycles. The predicted octanol–water partition coefficient (Wildman–Crippen LogP) is 2.82. The first-order valence-electron chi connectivity index (χ1n) is 9.45. The van der Waals surface area contributed by atoms with Crippen LogP contribution in [0.15, 0.2) is 72.8 Å². The molecule has 1 fully saturated rings. The first-order chi connectivity index (χ1) is 12.8. The number of para-hydroxylation sites is 1. The summed E-state index contributed by atoms with van der Waals surface area (Å²) in [4.78, 5) is 16.6. The Kier molecular flexibility index (Phi) is 4.98. The van der Waals surface area contributed by atoms with E-state index in [1.54, 1.807) is 0 Å². The fourth-order valence-electron chi connectivity index (χ4n) is 3.77. The average molecular weight is 345 g/mol. The van der Waals surface area contributed by atoms with Crippen LogP contribution in [0.25, 0.3) is 10.8 Å². The van der Waals surface area contributed by atoms with Crippen molar-refractivity contribution in [2.75, 3.05) is 37.6 Å². The number of hydrogen-bond donors (Lipinski definition) is 1. The Bertz CT molecular complexity index is 883. The predicted molar refractivity (Wildman–Crippen MR) is 107 cm³/mol. The van der Waals surface area contributed by atoms with Crippen LogP contribution >= 0.6 is 0 Å². The molecule has 1 N–H and O–H groups in total. The van der Waals surface area contributed by atoms with Gasteiger partial charge in [0, 0.05) is 11.3 Å². The third-order valence-corrected chi connectivity index (χ3v) is 5.37. The van der Waals surface area contributed by atoms with Crippen molar-refractivity contribution in [2.24, 2.45) is 0 Å². The van der Waals surface area contributed by atoms with Gasteiger partial charge in [-0.25, -0.2) is 0 Å². The van der Waals surface area contributed by atoms with Gasteiger partial charge >= 0.3 is 0 Å². The van der Waals surface area contributed by atoms with Crippen LogP contribution in [-0.2, 0) is 0 Å². The third kappa shape index (κ3) is 3.78. The van der Waals surface area contributed by atoms with E-state index in [-0.39, 0.29) is 5.78 Å². The lowest BCUT2D eigenvalue weighted by molar-refractivity contribution is -0.899. The van der Waals surface area contributed by atoms with E-state index in [2.05, 4.69) is 47.4 Å². The number of carbonyl (C=O) groups is 1. The van der Waals surface area contributed by atoms with Crippen molar-refractivity contribution in [1.82, 2.24) is 0 Å². The summed E-state index contributed by atoms with van der Waals surface area (Å²) in [6.07, 6.45) is 0.624. The number of hydrogen-bond acceptors (Lipinski definition) is 2. The number of fused-ring (bicyclic) bond motifs is 1. The minimum Gasteiger partial charge on any atom is -0.360 e.